The Labute approximate surface area is 74.9 Å². The maximum absolute atomic E-state index is 11.5. The summed E-state index contributed by atoms with van der Waals surface area (Å²) in [6.45, 7) is 2.41. The van der Waals surface area contributed by atoms with Crippen LogP contribution in [0.15, 0.2) is 16.9 Å². The van der Waals surface area contributed by atoms with Gasteiger partial charge >= 0.3 is 0 Å². The van der Waals surface area contributed by atoms with E-state index in [1.54, 1.807) is 6.92 Å². The lowest BCUT2D eigenvalue weighted by atomic mass is 9.97. The average molecular weight is 182 g/mol. The predicted molar refractivity (Wildman–Crippen MR) is 43.0 cm³/mol. The van der Waals surface area contributed by atoms with Gasteiger partial charge in [0.1, 0.15) is 6.26 Å². The summed E-state index contributed by atoms with van der Waals surface area (Å²) in [6.07, 6.45) is 1.35. The summed E-state index contributed by atoms with van der Waals surface area (Å²) >= 11 is 0. The highest BCUT2D eigenvalue weighted by Gasteiger charge is 2.40. The third-order valence-corrected chi connectivity index (χ3v) is 2.01. The number of β-amino-alcohol motifs (C(OH)–C–C–N with tert-alkyl or cyclic N) is 1. The van der Waals surface area contributed by atoms with Crippen molar-refractivity contribution in [2.45, 2.75) is 12.5 Å². The quantitative estimate of drug-likeness (QED) is 0.657. The second-order valence-corrected chi connectivity index (χ2v) is 3.54. The molecule has 5 heteroatoms. The molecule has 0 saturated carbocycles. The van der Waals surface area contributed by atoms with E-state index in [0.717, 1.165) is 0 Å². The summed E-state index contributed by atoms with van der Waals surface area (Å²) in [5, 5.41) is 12.9. The molecule has 2 rings (SSSR count). The second-order valence-electron chi connectivity index (χ2n) is 3.54. The number of hydrogen-bond donors (Lipinski definition) is 1. The van der Waals surface area contributed by atoms with Crippen LogP contribution in [0.2, 0.25) is 0 Å². The van der Waals surface area contributed by atoms with Crippen LogP contribution in [0, 0.1) is 0 Å². The summed E-state index contributed by atoms with van der Waals surface area (Å²) < 4.78 is 4.55. The first kappa shape index (κ1) is 8.25. The van der Waals surface area contributed by atoms with Crippen LogP contribution in [0.3, 0.4) is 0 Å². The van der Waals surface area contributed by atoms with Crippen molar-refractivity contribution in [2.75, 3.05) is 13.1 Å². The lowest BCUT2D eigenvalue weighted by molar-refractivity contribution is -0.0671. The number of aromatic nitrogens is 1. The van der Waals surface area contributed by atoms with E-state index in [1.165, 1.54) is 17.2 Å². The fourth-order valence-electron chi connectivity index (χ4n) is 1.40. The van der Waals surface area contributed by atoms with Crippen molar-refractivity contribution in [3.63, 3.8) is 0 Å². The minimum atomic E-state index is -0.737. The van der Waals surface area contributed by atoms with Crippen molar-refractivity contribution in [3.05, 3.63) is 18.0 Å². The zero-order valence-electron chi connectivity index (χ0n) is 7.23. The molecule has 1 aromatic rings. The topological polar surface area (TPSA) is 66.6 Å². The highest BCUT2D eigenvalue weighted by atomic mass is 16.5. The molecule has 0 atom stereocenters. The zero-order valence-corrected chi connectivity index (χ0v) is 7.23. The monoisotopic (exact) mass is 182 g/mol. The SMILES string of the molecule is CC1(O)CN(C(=O)c2ccon2)C1. The van der Waals surface area contributed by atoms with Gasteiger partial charge in [-0.15, -0.1) is 0 Å². The molecule has 1 N–H and O–H groups in total. The zero-order chi connectivity index (χ0) is 9.47. The molecule has 70 valence electrons. The minimum Gasteiger partial charge on any atom is -0.386 e. The molecule has 0 bridgehead atoms. The molecule has 1 aliphatic rings. The Balaban J connectivity index is 2.02. The summed E-state index contributed by atoms with van der Waals surface area (Å²) in [7, 11) is 0. The standard InChI is InChI=1S/C8H10N2O3/c1-8(12)4-10(5-8)7(11)6-2-3-13-9-6/h2-3,12H,4-5H2,1H3. The van der Waals surface area contributed by atoms with E-state index in [4.69, 9.17) is 0 Å². The molecule has 0 aliphatic carbocycles. The first-order valence-electron chi connectivity index (χ1n) is 4.00. The van der Waals surface area contributed by atoms with Crippen molar-refractivity contribution in [1.29, 1.82) is 0 Å². The van der Waals surface area contributed by atoms with Crippen LogP contribution < -0.4 is 0 Å². The molecule has 1 aromatic heterocycles. The van der Waals surface area contributed by atoms with Crippen molar-refractivity contribution in [1.82, 2.24) is 10.1 Å². The van der Waals surface area contributed by atoms with Gasteiger partial charge in [0.05, 0.1) is 18.7 Å². The van der Waals surface area contributed by atoms with E-state index in [0.29, 0.717) is 13.1 Å². The Morgan fingerprint density at radius 2 is 2.46 bits per heavy atom. The maximum atomic E-state index is 11.5. The number of aliphatic hydroxyl groups is 1. The average Bonchev–Trinajstić information content (AvgIpc) is 2.50. The molecule has 1 fully saturated rings. The summed E-state index contributed by atoms with van der Waals surface area (Å²) in [5.74, 6) is -0.194. The molecule has 2 heterocycles. The maximum Gasteiger partial charge on any atom is 0.276 e. The lowest BCUT2D eigenvalue weighted by Crippen LogP contribution is -2.61. The molecule has 1 saturated heterocycles. The van der Waals surface area contributed by atoms with Gasteiger partial charge in [0.15, 0.2) is 5.69 Å². The van der Waals surface area contributed by atoms with Gasteiger partial charge in [-0.05, 0) is 6.92 Å². The Hall–Kier alpha value is -1.36. The summed E-state index contributed by atoms with van der Waals surface area (Å²) in [5.41, 5.74) is -0.449. The molecule has 0 aromatic carbocycles. The summed E-state index contributed by atoms with van der Waals surface area (Å²) in [6, 6.07) is 1.51. The van der Waals surface area contributed by atoms with E-state index in [2.05, 4.69) is 9.68 Å². The van der Waals surface area contributed by atoms with Crippen LogP contribution in [0.4, 0.5) is 0 Å². The van der Waals surface area contributed by atoms with Crippen LogP contribution in [-0.2, 0) is 0 Å². The van der Waals surface area contributed by atoms with Crippen LogP contribution in [-0.4, -0.2) is 39.8 Å². The van der Waals surface area contributed by atoms with Gasteiger partial charge in [0.2, 0.25) is 0 Å². The second kappa shape index (κ2) is 2.56. The van der Waals surface area contributed by atoms with E-state index in [9.17, 15) is 9.90 Å². The molecule has 1 amide bonds. The van der Waals surface area contributed by atoms with E-state index in [-0.39, 0.29) is 11.6 Å². The lowest BCUT2D eigenvalue weighted by Gasteiger charge is -2.43. The molecule has 5 nitrogen and oxygen atoms in total. The van der Waals surface area contributed by atoms with Gasteiger partial charge in [-0.3, -0.25) is 4.79 Å². The first-order chi connectivity index (χ1) is 6.08. The van der Waals surface area contributed by atoms with Crippen LogP contribution >= 0.6 is 0 Å². The number of rotatable bonds is 1. The normalized spacial score (nSPS) is 19.7. The van der Waals surface area contributed by atoms with Gasteiger partial charge in [-0.2, -0.15) is 0 Å². The van der Waals surface area contributed by atoms with Crippen LogP contribution in [0.25, 0.3) is 0 Å². The van der Waals surface area contributed by atoms with E-state index < -0.39 is 5.60 Å². The minimum absolute atomic E-state index is 0.194. The number of amides is 1. The van der Waals surface area contributed by atoms with Gasteiger partial charge < -0.3 is 14.5 Å². The van der Waals surface area contributed by atoms with Gasteiger partial charge in [-0.1, -0.05) is 5.16 Å². The Bertz CT molecular complexity index is 310. The molecule has 1 aliphatic heterocycles. The number of hydrogen-bond acceptors (Lipinski definition) is 4. The molecule has 0 spiro atoms. The summed E-state index contributed by atoms with van der Waals surface area (Å²) in [4.78, 5) is 13.0. The molecular formula is C8H10N2O3. The Morgan fingerprint density at radius 1 is 1.77 bits per heavy atom. The fourth-order valence-corrected chi connectivity index (χ4v) is 1.40. The van der Waals surface area contributed by atoms with Crippen molar-refractivity contribution in [2.24, 2.45) is 0 Å². The third-order valence-electron chi connectivity index (χ3n) is 2.01. The third kappa shape index (κ3) is 1.42. The molecular weight excluding hydrogens is 172 g/mol. The Kier molecular flexibility index (Phi) is 1.63. The van der Waals surface area contributed by atoms with Gasteiger partial charge in [-0.25, -0.2) is 0 Å². The first-order valence-corrected chi connectivity index (χ1v) is 4.00. The van der Waals surface area contributed by atoms with Crippen molar-refractivity contribution >= 4 is 5.91 Å². The van der Waals surface area contributed by atoms with Crippen LogP contribution in [0.5, 0.6) is 0 Å². The smallest absolute Gasteiger partial charge is 0.276 e. The number of carbonyl (C=O) groups excluding carboxylic acids is 1. The highest BCUT2D eigenvalue weighted by Crippen LogP contribution is 2.21. The van der Waals surface area contributed by atoms with Crippen molar-refractivity contribution in [3.8, 4) is 0 Å². The molecule has 0 unspecified atom stereocenters. The number of carbonyl (C=O) groups is 1. The molecule has 0 radical (unpaired) electrons. The van der Waals surface area contributed by atoms with Gasteiger partial charge in [0, 0.05) is 6.07 Å². The molecule has 13 heavy (non-hydrogen) atoms. The van der Waals surface area contributed by atoms with Crippen LogP contribution in [0.1, 0.15) is 17.4 Å². The number of nitrogens with zero attached hydrogens (tertiary/aromatic N) is 2. The highest BCUT2D eigenvalue weighted by molar-refractivity contribution is 5.92. The van der Waals surface area contributed by atoms with E-state index >= 15 is 0 Å². The van der Waals surface area contributed by atoms with Gasteiger partial charge in [0.25, 0.3) is 5.91 Å². The fraction of sp³-hybridized carbons (Fsp3) is 0.500. The van der Waals surface area contributed by atoms with E-state index in [1.807, 2.05) is 0 Å². The number of likely N-dealkylation sites (tertiary alicyclic amines) is 1. The predicted octanol–water partition coefficient (Wildman–Crippen LogP) is -0.119. The Morgan fingerprint density at radius 3 is 2.92 bits per heavy atom. The largest absolute Gasteiger partial charge is 0.386 e. The van der Waals surface area contributed by atoms with Crippen molar-refractivity contribution < 1.29 is 14.4 Å².